The van der Waals surface area contributed by atoms with Crippen molar-refractivity contribution in [3.63, 3.8) is 0 Å². The fourth-order valence-electron chi connectivity index (χ4n) is 4.05. The Morgan fingerprint density at radius 2 is 1.58 bits per heavy atom. The van der Waals surface area contributed by atoms with Crippen molar-refractivity contribution in [2.24, 2.45) is 5.10 Å². The van der Waals surface area contributed by atoms with Gasteiger partial charge in [-0.05, 0) is 63.2 Å². The van der Waals surface area contributed by atoms with E-state index in [4.69, 9.17) is 0 Å². The number of anilines is 1. The summed E-state index contributed by atoms with van der Waals surface area (Å²) < 4.78 is 58.2. The number of nitrogens with zero attached hydrogens (tertiary/aromatic N) is 3. The maximum atomic E-state index is 14.6. The van der Waals surface area contributed by atoms with Crippen molar-refractivity contribution in [3.8, 4) is 5.69 Å². The van der Waals surface area contributed by atoms with E-state index < -0.39 is 28.3 Å². The molecule has 10 heteroatoms. The molecule has 0 bridgehead atoms. The van der Waals surface area contributed by atoms with E-state index in [-0.39, 0.29) is 16.4 Å². The molecule has 4 rings (SSSR count). The van der Waals surface area contributed by atoms with Crippen molar-refractivity contribution in [1.82, 2.24) is 9.99 Å². The van der Waals surface area contributed by atoms with Gasteiger partial charge in [0.05, 0.1) is 22.5 Å². The summed E-state index contributed by atoms with van der Waals surface area (Å²) in [5.41, 5.74) is 5.36. The van der Waals surface area contributed by atoms with Crippen LogP contribution in [0.15, 0.2) is 88.9 Å². The van der Waals surface area contributed by atoms with Gasteiger partial charge in [-0.3, -0.25) is 9.10 Å². The average Bonchev–Trinajstić information content (AvgIpc) is 3.16. The lowest BCUT2D eigenvalue weighted by molar-refractivity contribution is -0.119. The molecule has 1 amide bonds. The molecule has 0 fully saturated rings. The Bertz CT molecular complexity index is 1610. The quantitative estimate of drug-likeness (QED) is 0.253. The van der Waals surface area contributed by atoms with Gasteiger partial charge in [0.15, 0.2) is 0 Å². The molecule has 4 aromatic rings. The van der Waals surface area contributed by atoms with Crippen LogP contribution in [0, 0.1) is 32.4 Å². The van der Waals surface area contributed by atoms with E-state index in [2.05, 4.69) is 10.5 Å². The summed E-state index contributed by atoms with van der Waals surface area (Å²) in [6.07, 6.45) is 1.39. The van der Waals surface area contributed by atoms with Crippen molar-refractivity contribution in [1.29, 1.82) is 0 Å². The number of sulfonamides is 1. The Balaban J connectivity index is 1.57. The number of halogens is 2. The van der Waals surface area contributed by atoms with E-state index in [1.54, 1.807) is 47.9 Å². The van der Waals surface area contributed by atoms with Gasteiger partial charge in [0.25, 0.3) is 15.9 Å². The van der Waals surface area contributed by atoms with Crippen LogP contribution >= 0.6 is 0 Å². The molecule has 1 aromatic heterocycles. The average molecular weight is 537 g/mol. The number of aromatic nitrogens is 1. The molecule has 7 nitrogen and oxygen atoms in total. The summed E-state index contributed by atoms with van der Waals surface area (Å²) in [7, 11) is -4.27. The van der Waals surface area contributed by atoms with Gasteiger partial charge in [-0.15, -0.1) is 0 Å². The minimum Gasteiger partial charge on any atom is -0.315 e. The molecule has 0 spiro atoms. The first kappa shape index (κ1) is 26.7. The molecule has 0 radical (unpaired) electrons. The molecule has 0 saturated heterocycles. The molecule has 0 atom stereocenters. The highest BCUT2D eigenvalue weighted by Crippen LogP contribution is 2.26. The highest BCUT2D eigenvalue weighted by atomic mass is 32.2. The van der Waals surface area contributed by atoms with Crippen molar-refractivity contribution in [3.05, 3.63) is 113 Å². The standard InChI is InChI=1S/C28H26F2N4O3S/c1-19-12-14-23(15-13-19)38(36,37)33(26-10-6-4-8-24(26)29)18-28(35)32-31-17-22-16-20(2)34(21(22)3)27-11-7-5-9-25(27)30/h4-17H,18H2,1-3H3,(H,32,35)/b31-17-. The number of carbonyl (C=O) groups is 1. The van der Waals surface area contributed by atoms with Gasteiger partial charge in [-0.2, -0.15) is 5.10 Å². The first-order valence-corrected chi connectivity index (χ1v) is 13.1. The lowest BCUT2D eigenvalue weighted by Gasteiger charge is -2.24. The van der Waals surface area contributed by atoms with E-state index >= 15 is 0 Å². The third kappa shape index (κ3) is 5.50. The molecular weight excluding hydrogens is 510 g/mol. The van der Waals surface area contributed by atoms with Crippen molar-refractivity contribution in [2.75, 3.05) is 10.8 Å². The van der Waals surface area contributed by atoms with E-state index in [1.165, 1.54) is 42.6 Å². The van der Waals surface area contributed by atoms with Crippen LogP contribution in [0.5, 0.6) is 0 Å². The van der Waals surface area contributed by atoms with Crippen molar-refractivity contribution in [2.45, 2.75) is 25.7 Å². The zero-order valence-electron chi connectivity index (χ0n) is 21.0. The molecule has 38 heavy (non-hydrogen) atoms. The third-order valence-corrected chi connectivity index (χ3v) is 7.75. The summed E-state index contributed by atoms with van der Waals surface area (Å²) in [5, 5.41) is 3.96. The number of hydrogen-bond acceptors (Lipinski definition) is 4. The second-order valence-electron chi connectivity index (χ2n) is 8.68. The summed E-state index contributed by atoms with van der Waals surface area (Å²) in [6.45, 7) is 4.71. The monoisotopic (exact) mass is 536 g/mol. The van der Waals surface area contributed by atoms with E-state index in [0.717, 1.165) is 17.3 Å². The molecule has 0 aliphatic heterocycles. The SMILES string of the molecule is Cc1ccc(S(=O)(=O)N(CC(=O)N/N=C\c2cc(C)n(-c3ccccc3F)c2C)c2ccccc2F)cc1. The van der Waals surface area contributed by atoms with Crippen LogP contribution in [0.25, 0.3) is 5.69 Å². The Hall–Kier alpha value is -4.31. The Kier molecular flexibility index (Phi) is 7.72. The molecule has 1 heterocycles. The van der Waals surface area contributed by atoms with Crippen LogP contribution < -0.4 is 9.73 Å². The molecule has 0 aliphatic carbocycles. The number of rotatable bonds is 8. The fourth-order valence-corrected chi connectivity index (χ4v) is 5.48. The lowest BCUT2D eigenvalue weighted by Crippen LogP contribution is -2.40. The van der Waals surface area contributed by atoms with Gasteiger partial charge in [-0.25, -0.2) is 22.6 Å². The van der Waals surface area contributed by atoms with Crippen LogP contribution in [0.4, 0.5) is 14.5 Å². The van der Waals surface area contributed by atoms with E-state index in [0.29, 0.717) is 21.2 Å². The third-order valence-electron chi connectivity index (χ3n) is 5.97. The van der Waals surface area contributed by atoms with Crippen LogP contribution in [-0.4, -0.2) is 31.7 Å². The lowest BCUT2D eigenvalue weighted by atomic mass is 10.2. The molecule has 1 N–H and O–H groups in total. The summed E-state index contributed by atoms with van der Waals surface area (Å²) in [6, 6.07) is 19.5. The zero-order chi connectivity index (χ0) is 27.4. The molecule has 196 valence electrons. The number of amides is 1. The summed E-state index contributed by atoms with van der Waals surface area (Å²) in [5.74, 6) is -1.95. The maximum Gasteiger partial charge on any atom is 0.264 e. The Morgan fingerprint density at radius 3 is 2.24 bits per heavy atom. The highest BCUT2D eigenvalue weighted by Gasteiger charge is 2.29. The van der Waals surface area contributed by atoms with Crippen LogP contribution in [0.2, 0.25) is 0 Å². The predicted molar refractivity (Wildman–Crippen MR) is 143 cm³/mol. The normalized spacial score (nSPS) is 11.6. The van der Waals surface area contributed by atoms with Gasteiger partial charge in [0.2, 0.25) is 0 Å². The largest absolute Gasteiger partial charge is 0.315 e. The fraction of sp³-hybridized carbons (Fsp3) is 0.143. The summed E-state index contributed by atoms with van der Waals surface area (Å²) in [4.78, 5) is 12.7. The first-order valence-electron chi connectivity index (χ1n) is 11.7. The zero-order valence-corrected chi connectivity index (χ0v) is 21.8. The number of hydrogen-bond donors (Lipinski definition) is 1. The molecule has 0 unspecified atom stereocenters. The number of benzene rings is 3. The van der Waals surface area contributed by atoms with Gasteiger partial charge >= 0.3 is 0 Å². The number of aryl methyl sites for hydroxylation is 2. The van der Waals surface area contributed by atoms with Crippen molar-refractivity contribution < 1.29 is 22.0 Å². The maximum absolute atomic E-state index is 14.6. The second kappa shape index (κ2) is 11.0. The molecule has 3 aromatic carbocycles. The van der Waals surface area contributed by atoms with Gasteiger partial charge in [0, 0.05) is 17.0 Å². The van der Waals surface area contributed by atoms with Gasteiger partial charge in [-0.1, -0.05) is 42.0 Å². The first-order chi connectivity index (χ1) is 18.1. The number of nitrogens with one attached hydrogen (secondary N) is 1. The predicted octanol–water partition coefficient (Wildman–Crippen LogP) is 5.03. The molecular formula is C28H26F2N4O3S. The smallest absolute Gasteiger partial charge is 0.264 e. The minimum absolute atomic E-state index is 0.0803. The number of hydrazone groups is 1. The summed E-state index contributed by atoms with van der Waals surface area (Å²) >= 11 is 0. The van der Waals surface area contributed by atoms with Gasteiger partial charge in [0.1, 0.15) is 18.2 Å². The van der Waals surface area contributed by atoms with Gasteiger partial charge < -0.3 is 4.57 Å². The number of carbonyl (C=O) groups excluding carboxylic acids is 1. The van der Waals surface area contributed by atoms with E-state index in [9.17, 15) is 22.0 Å². The topological polar surface area (TPSA) is 83.8 Å². The van der Waals surface area contributed by atoms with Crippen LogP contribution in [0.1, 0.15) is 22.5 Å². The van der Waals surface area contributed by atoms with E-state index in [1.807, 2.05) is 13.8 Å². The minimum atomic E-state index is -4.27. The number of para-hydroxylation sites is 2. The Morgan fingerprint density at radius 1 is 0.947 bits per heavy atom. The highest BCUT2D eigenvalue weighted by molar-refractivity contribution is 7.92. The van der Waals surface area contributed by atoms with Crippen LogP contribution in [-0.2, 0) is 14.8 Å². The Labute approximate surface area is 220 Å². The molecule has 0 saturated carbocycles. The molecule has 0 aliphatic rings. The van der Waals surface area contributed by atoms with Crippen molar-refractivity contribution >= 4 is 27.8 Å². The van der Waals surface area contributed by atoms with Crippen LogP contribution in [0.3, 0.4) is 0 Å². The second-order valence-corrected chi connectivity index (χ2v) is 10.5.